The van der Waals surface area contributed by atoms with Gasteiger partial charge in [-0.1, -0.05) is 18.2 Å². The van der Waals surface area contributed by atoms with Crippen molar-refractivity contribution < 1.29 is 14.3 Å². The van der Waals surface area contributed by atoms with Gasteiger partial charge >= 0.3 is 5.97 Å². The maximum Gasteiger partial charge on any atom is 0.371 e. The predicted molar refractivity (Wildman–Crippen MR) is 57.1 cm³/mol. The van der Waals surface area contributed by atoms with Crippen molar-refractivity contribution in [2.24, 2.45) is 0 Å². The maximum atomic E-state index is 10.6. The molecule has 0 spiro atoms. The van der Waals surface area contributed by atoms with E-state index >= 15 is 0 Å². The summed E-state index contributed by atoms with van der Waals surface area (Å²) in [5, 5.41) is 12.2. The summed E-state index contributed by atoms with van der Waals surface area (Å²) >= 11 is 5.56. The molecule has 0 fully saturated rings. The minimum absolute atomic E-state index is 0.0472. The van der Waals surface area contributed by atoms with Gasteiger partial charge in [0.2, 0.25) is 5.76 Å². The molecule has 2 N–H and O–H groups in total. The van der Waals surface area contributed by atoms with Crippen LogP contribution in [0, 0.1) is 6.92 Å². The van der Waals surface area contributed by atoms with E-state index in [1.807, 2.05) is 0 Å². The van der Waals surface area contributed by atoms with E-state index < -0.39 is 5.97 Å². The number of aryl methyl sites for hydroxylation is 1. The van der Waals surface area contributed by atoms with Crippen LogP contribution in [0.4, 0.5) is 0 Å². The second-order valence-corrected chi connectivity index (χ2v) is 3.65. The third-order valence-electron chi connectivity index (χ3n) is 1.86. The van der Waals surface area contributed by atoms with Gasteiger partial charge in [0.15, 0.2) is 0 Å². The molecule has 0 unspecified atom stereocenters. The molecule has 5 heteroatoms. The third kappa shape index (κ3) is 3.42. The van der Waals surface area contributed by atoms with Gasteiger partial charge in [-0.2, -0.15) is 0 Å². The summed E-state index contributed by atoms with van der Waals surface area (Å²) in [5.41, 5.74) is 0.810. The number of rotatable bonds is 5. The summed E-state index contributed by atoms with van der Waals surface area (Å²) in [6.45, 7) is 6.24. The van der Waals surface area contributed by atoms with Gasteiger partial charge in [-0.15, -0.1) is 0 Å². The van der Waals surface area contributed by atoms with Crippen LogP contribution in [-0.2, 0) is 6.54 Å². The molecular weight excluding hydrogens is 218 g/mol. The van der Waals surface area contributed by atoms with Crippen LogP contribution in [0.5, 0.6) is 0 Å². The van der Waals surface area contributed by atoms with E-state index in [9.17, 15) is 4.79 Å². The fourth-order valence-corrected chi connectivity index (χ4v) is 1.23. The lowest BCUT2D eigenvalue weighted by molar-refractivity contribution is 0.0661. The lowest BCUT2D eigenvalue weighted by Crippen LogP contribution is -2.14. The average Bonchev–Trinajstić information content (AvgIpc) is 2.47. The van der Waals surface area contributed by atoms with Gasteiger partial charge in [-0.05, 0) is 13.0 Å². The van der Waals surface area contributed by atoms with Gasteiger partial charge < -0.3 is 14.8 Å². The Hall–Kier alpha value is -1.26. The first kappa shape index (κ1) is 11.8. The van der Waals surface area contributed by atoms with Crippen LogP contribution in [0.1, 0.15) is 21.9 Å². The molecule has 0 aliphatic heterocycles. The van der Waals surface area contributed by atoms with Gasteiger partial charge in [0.25, 0.3) is 0 Å². The van der Waals surface area contributed by atoms with Crippen molar-refractivity contribution in [3.05, 3.63) is 34.8 Å². The van der Waals surface area contributed by atoms with E-state index in [4.69, 9.17) is 21.1 Å². The lowest BCUT2D eigenvalue weighted by Gasteiger charge is -2.00. The van der Waals surface area contributed by atoms with Crippen molar-refractivity contribution in [3.63, 3.8) is 0 Å². The zero-order valence-electron chi connectivity index (χ0n) is 8.34. The zero-order chi connectivity index (χ0) is 11.4. The van der Waals surface area contributed by atoms with E-state index in [-0.39, 0.29) is 5.76 Å². The largest absolute Gasteiger partial charge is 0.475 e. The van der Waals surface area contributed by atoms with E-state index in [1.54, 1.807) is 6.92 Å². The maximum absolute atomic E-state index is 10.6. The van der Waals surface area contributed by atoms with Crippen molar-refractivity contribution in [3.8, 4) is 0 Å². The van der Waals surface area contributed by atoms with Crippen LogP contribution >= 0.6 is 11.6 Å². The number of furan rings is 1. The Bertz CT molecular complexity index is 384. The molecule has 0 bridgehead atoms. The summed E-state index contributed by atoms with van der Waals surface area (Å²) in [5.74, 6) is -0.514. The lowest BCUT2D eigenvalue weighted by atomic mass is 10.2. The first-order valence-electron chi connectivity index (χ1n) is 4.37. The molecule has 0 aliphatic carbocycles. The minimum atomic E-state index is -1.06. The van der Waals surface area contributed by atoms with Gasteiger partial charge in [0.1, 0.15) is 5.76 Å². The first-order chi connectivity index (χ1) is 7.00. The van der Waals surface area contributed by atoms with Gasteiger partial charge in [0.05, 0.1) is 0 Å². The fourth-order valence-electron chi connectivity index (χ4n) is 1.13. The van der Waals surface area contributed by atoms with Crippen molar-refractivity contribution in [2.75, 3.05) is 6.54 Å². The SMILES string of the molecule is C=C(Cl)CNCc1cc(C(=O)O)oc1C. The highest BCUT2D eigenvalue weighted by Crippen LogP contribution is 2.14. The number of hydrogen-bond donors (Lipinski definition) is 2. The highest BCUT2D eigenvalue weighted by atomic mass is 35.5. The number of hydrogen-bond acceptors (Lipinski definition) is 3. The normalized spacial score (nSPS) is 10.3. The standard InChI is InChI=1S/C10H12ClNO3/c1-6(11)4-12-5-8-3-9(10(13)14)15-7(8)2/h3,12H,1,4-5H2,2H3,(H,13,14). The number of carboxylic acid groups (broad SMARTS) is 1. The van der Waals surface area contributed by atoms with E-state index in [2.05, 4.69) is 11.9 Å². The molecule has 0 aliphatic rings. The minimum Gasteiger partial charge on any atom is -0.475 e. The molecule has 4 nitrogen and oxygen atoms in total. The monoisotopic (exact) mass is 229 g/mol. The molecule has 1 aromatic heterocycles. The van der Waals surface area contributed by atoms with Gasteiger partial charge in [-0.3, -0.25) is 0 Å². The second-order valence-electron chi connectivity index (χ2n) is 3.12. The topological polar surface area (TPSA) is 62.5 Å². The Labute approximate surface area is 92.5 Å². The van der Waals surface area contributed by atoms with E-state index in [0.717, 1.165) is 5.56 Å². The molecule has 82 valence electrons. The number of halogens is 1. The third-order valence-corrected chi connectivity index (χ3v) is 2.00. The summed E-state index contributed by atoms with van der Waals surface area (Å²) in [7, 11) is 0. The van der Waals surface area contributed by atoms with Crippen LogP contribution in [0.2, 0.25) is 0 Å². The summed E-state index contributed by atoms with van der Waals surface area (Å²) in [6.07, 6.45) is 0. The van der Waals surface area contributed by atoms with E-state index in [0.29, 0.717) is 23.9 Å². The molecule has 0 aromatic carbocycles. The molecule has 0 saturated carbocycles. The van der Waals surface area contributed by atoms with Crippen molar-refractivity contribution >= 4 is 17.6 Å². The molecule has 1 heterocycles. The molecule has 1 rings (SSSR count). The predicted octanol–water partition coefficient (Wildman–Crippen LogP) is 2.13. The van der Waals surface area contributed by atoms with Crippen LogP contribution in [0.15, 0.2) is 22.1 Å². The van der Waals surface area contributed by atoms with Crippen LogP contribution in [-0.4, -0.2) is 17.6 Å². The smallest absolute Gasteiger partial charge is 0.371 e. The molecule has 0 radical (unpaired) electrons. The number of nitrogens with one attached hydrogen (secondary N) is 1. The molecule has 0 atom stereocenters. The number of aromatic carboxylic acids is 1. The Balaban J connectivity index is 2.61. The Morgan fingerprint density at radius 3 is 2.87 bits per heavy atom. The van der Waals surface area contributed by atoms with Gasteiger partial charge in [0, 0.05) is 23.7 Å². The molecule has 1 aromatic rings. The Morgan fingerprint density at radius 2 is 2.40 bits per heavy atom. The quantitative estimate of drug-likeness (QED) is 0.812. The number of carbonyl (C=O) groups is 1. The average molecular weight is 230 g/mol. The highest BCUT2D eigenvalue weighted by Gasteiger charge is 2.12. The summed E-state index contributed by atoms with van der Waals surface area (Å²) < 4.78 is 5.04. The Morgan fingerprint density at radius 1 is 1.73 bits per heavy atom. The van der Waals surface area contributed by atoms with Crippen molar-refractivity contribution in [1.82, 2.24) is 5.32 Å². The second kappa shape index (κ2) is 5.00. The molecular formula is C10H12ClNO3. The first-order valence-corrected chi connectivity index (χ1v) is 4.75. The van der Waals surface area contributed by atoms with E-state index in [1.165, 1.54) is 6.07 Å². The molecule has 0 amide bonds. The Kier molecular flexibility index (Phi) is 3.94. The van der Waals surface area contributed by atoms with Crippen molar-refractivity contribution in [1.29, 1.82) is 0 Å². The van der Waals surface area contributed by atoms with Crippen molar-refractivity contribution in [2.45, 2.75) is 13.5 Å². The summed E-state index contributed by atoms with van der Waals surface area (Å²) in [6, 6.07) is 1.50. The number of carboxylic acids is 1. The molecule has 15 heavy (non-hydrogen) atoms. The summed E-state index contributed by atoms with van der Waals surface area (Å²) in [4.78, 5) is 10.6. The van der Waals surface area contributed by atoms with Crippen LogP contribution in [0.25, 0.3) is 0 Å². The van der Waals surface area contributed by atoms with Crippen LogP contribution < -0.4 is 5.32 Å². The zero-order valence-corrected chi connectivity index (χ0v) is 9.10. The fraction of sp³-hybridized carbons (Fsp3) is 0.300. The van der Waals surface area contributed by atoms with Crippen LogP contribution in [0.3, 0.4) is 0 Å². The van der Waals surface area contributed by atoms with Gasteiger partial charge in [-0.25, -0.2) is 4.79 Å². The molecule has 0 saturated heterocycles. The highest BCUT2D eigenvalue weighted by molar-refractivity contribution is 6.29.